The second kappa shape index (κ2) is 8.92. The summed E-state index contributed by atoms with van der Waals surface area (Å²) in [4.78, 5) is 43.7. The first-order chi connectivity index (χ1) is 10.2. The van der Waals surface area contributed by atoms with Crippen molar-refractivity contribution >= 4 is 19.4 Å². The lowest BCUT2D eigenvalue weighted by Crippen LogP contribution is -2.45. The van der Waals surface area contributed by atoms with Gasteiger partial charge in [-0.1, -0.05) is 33.1 Å². The van der Waals surface area contributed by atoms with E-state index < -0.39 is 13.8 Å². The maximum Gasteiger partial charge on any atom is 0.275 e. The van der Waals surface area contributed by atoms with Gasteiger partial charge in [-0.05, 0) is 24.7 Å². The van der Waals surface area contributed by atoms with Crippen LogP contribution in [0.2, 0.25) is 0 Å². The van der Waals surface area contributed by atoms with Gasteiger partial charge in [-0.25, -0.2) is 9.79 Å². The van der Waals surface area contributed by atoms with Crippen LogP contribution in [0.15, 0.2) is 0 Å². The Morgan fingerprint density at radius 2 is 1.82 bits per heavy atom. The smallest absolute Gasteiger partial charge is 0.275 e. The Hall–Kier alpha value is -0.550. The third kappa shape index (κ3) is 7.14. The molecule has 0 aromatic rings. The molecule has 0 radical (unpaired) electrons. The monoisotopic (exact) mass is 333 g/mol. The Labute approximate surface area is 133 Å². The van der Waals surface area contributed by atoms with Crippen molar-refractivity contribution in [2.45, 2.75) is 52.0 Å². The summed E-state index contributed by atoms with van der Waals surface area (Å²) in [6.07, 6.45) is 5.57. The van der Waals surface area contributed by atoms with Gasteiger partial charge in [0.15, 0.2) is 11.9 Å². The van der Waals surface area contributed by atoms with E-state index in [0.29, 0.717) is 12.1 Å². The van der Waals surface area contributed by atoms with Crippen LogP contribution in [0.25, 0.3) is 0 Å². The van der Waals surface area contributed by atoms with Gasteiger partial charge in [-0.2, -0.15) is 0 Å². The number of amides is 1. The molecule has 6 nitrogen and oxygen atoms in total. The Morgan fingerprint density at radius 1 is 1.23 bits per heavy atom. The van der Waals surface area contributed by atoms with Crippen LogP contribution in [0.4, 0.5) is 0 Å². The predicted molar refractivity (Wildman–Crippen MR) is 88.5 cm³/mol. The molecule has 0 bridgehead atoms. The average Bonchev–Trinajstić information content (AvgIpc) is 2.43. The molecule has 1 atom stereocenters. The molecule has 1 saturated carbocycles. The van der Waals surface area contributed by atoms with Crippen molar-refractivity contribution in [2.24, 2.45) is 17.6 Å². The lowest BCUT2D eigenvalue weighted by molar-refractivity contribution is -0.126. The standard InChI is InChI=1S/C15H29N2O4P/c1-11(2)14(16)15(19)17-8-13(18)10-22(20,21)9-12-6-4-3-5-7-12/h11-12,14,20-21H,3-10,16H2,1-2H3/p+1/t14-/m1/s1. The summed E-state index contributed by atoms with van der Waals surface area (Å²) >= 11 is 0. The fourth-order valence-electron chi connectivity index (χ4n) is 2.79. The highest BCUT2D eigenvalue weighted by Gasteiger charge is 2.39. The highest BCUT2D eigenvalue weighted by atomic mass is 31.2. The second-order valence-electron chi connectivity index (χ2n) is 6.75. The van der Waals surface area contributed by atoms with Crippen molar-refractivity contribution in [3.8, 4) is 0 Å². The minimum atomic E-state index is -3.20. The van der Waals surface area contributed by atoms with Crippen molar-refractivity contribution in [3.05, 3.63) is 0 Å². The van der Waals surface area contributed by atoms with Crippen molar-refractivity contribution in [3.63, 3.8) is 0 Å². The molecule has 1 amide bonds. The largest absolute Gasteiger partial charge is 0.347 e. The fraction of sp³-hybridized carbons (Fsp3) is 0.867. The highest BCUT2D eigenvalue weighted by molar-refractivity contribution is 7.65. The van der Waals surface area contributed by atoms with Crippen molar-refractivity contribution in [1.82, 2.24) is 5.32 Å². The molecule has 0 aromatic carbocycles. The molecule has 0 heterocycles. The minimum Gasteiger partial charge on any atom is -0.347 e. The van der Waals surface area contributed by atoms with Gasteiger partial charge in [-0.3, -0.25) is 9.59 Å². The molecule has 1 rings (SSSR count). The predicted octanol–water partition coefficient (Wildman–Crippen LogP) is 1.07. The topological polar surface area (TPSA) is 113 Å². The Kier molecular flexibility index (Phi) is 7.90. The van der Waals surface area contributed by atoms with Crippen molar-refractivity contribution < 1.29 is 19.4 Å². The van der Waals surface area contributed by atoms with Gasteiger partial charge in [0.05, 0.1) is 12.6 Å². The normalized spacial score (nSPS) is 18.3. The molecule has 1 aliphatic rings. The fourth-order valence-corrected chi connectivity index (χ4v) is 4.79. The molecule has 0 saturated heterocycles. The zero-order valence-electron chi connectivity index (χ0n) is 13.6. The molecule has 0 aromatic heterocycles. The molecule has 0 aliphatic heterocycles. The zero-order chi connectivity index (χ0) is 16.8. The molecular formula is C15H30N2O4P+. The average molecular weight is 333 g/mol. The van der Waals surface area contributed by atoms with Crippen molar-refractivity contribution in [2.75, 3.05) is 18.9 Å². The van der Waals surface area contributed by atoms with E-state index in [1.54, 1.807) is 0 Å². The molecule has 7 heteroatoms. The molecule has 5 N–H and O–H groups in total. The quantitative estimate of drug-likeness (QED) is 0.496. The van der Waals surface area contributed by atoms with Gasteiger partial charge in [0.25, 0.3) is 7.72 Å². The summed E-state index contributed by atoms with van der Waals surface area (Å²) in [6, 6.07) is -0.655. The van der Waals surface area contributed by atoms with Crippen LogP contribution in [-0.4, -0.2) is 46.4 Å². The summed E-state index contributed by atoms with van der Waals surface area (Å²) in [7, 11) is -3.20. The Bertz CT molecular complexity index is 382. The Balaban J connectivity index is 2.34. The van der Waals surface area contributed by atoms with Gasteiger partial charge in [0, 0.05) is 0 Å². The van der Waals surface area contributed by atoms with E-state index >= 15 is 0 Å². The van der Waals surface area contributed by atoms with E-state index in [4.69, 9.17) is 5.73 Å². The summed E-state index contributed by atoms with van der Waals surface area (Å²) in [6.45, 7) is 3.47. The van der Waals surface area contributed by atoms with Gasteiger partial charge in [0.1, 0.15) is 6.16 Å². The molecule has 1 aliphatic carbocycles. The third-order valence-electron chi connectivity index (χ3n) is 4.19. The van der Waals surface area contributed by atoms with E-state index in [0.717, 1.165) is 25.7 Å². The molecule has 22 heavy (non-hydrogen) atoms. The number of nitrogens with one attached hydrogen (secondary N) is 1. The lowest BCUT2D eigenvalue weighted by atomic mass is 9.91. The second-order valence-corrected chi connectivity index (χ2v) is 9.19. The summed E-state index contributed by atoms with van der Waals surface area (Å²) in [5.74, 6) is -0.425. The number of rotatable bonds is 8. The number of Topliss-reactive ketones (excluding diaryl/α,β-unsaturated/α-hetero) is 1. The first-order valence-electron chi connectivity index (χ1n) is 8.09. The van der Waals surface area contributed by atoms with E-state index in [2.05, 4.69) is 5.32 Å². The maximum absolute atomic E-state index is 11.8. The Morgan fingerprint density at radius 3 is 2.36 bits per heavy atom. The van der Waals surface area contributed by atoms with Crippen LogP contribution in [0.1, 0.15) is 46.0 Å². The minimum absolute atomic E-state index is 0.0105. The summed E-state index contributed by atoms with van der Waals surface area (Å²) in [5, 5.41) is 2.47. The first-order valence-corrected chi connectivity index (χ1v) is 10.2. The maximum atomic E-state index is 11.8. The molecular weight excluding hydrogens is 303 g/mol. The van der Waals surface area contributed by atoms with Gasteiger partial charge in [-0.15, -0.1) is 0 Å². The van der Waals surface area contributed by atoms with E-state index in [1.165, 1.54) is 6.42 Å². The van der Waals surface area contributed by atoms with Crippen LogP contribution >= 0.6 is 7.72 Å². The number of carbonyl (C=O) groups excluding carboxylic acids is 2. The number of hydrogen-bond acceptors (Lipinski definition) is 5. The number of carbonyl (C=O) groups is 2. The summed E-state index contributed by atoms with van der Waals surface area (Å²) < 4.78 is 0. The number of hydrogen-bond donors (Lipinski definition) is 4. The molecule has 0 unspecified atom stereocenters. The van der Waals surface area contributed by atoms with Crippen LogP contribution in [-0.2, 0) is 9.59 Å². The zero-order valence-corrected chi connectivity index (χ0v) is 14.5. The SMILES string of the molecule is CC(C)[C@@H](N)C(=O)NCC(=O)C[P+](O)(O)CC1CCCCC1. The van der Waals surface area contributed by atoms with E-state index in [9.17, 15) is 19.4 Å². The van der Waals surface area contributed by atoms with Crippen LogP contribution in [0.5, 0.6) is 0 Å². The van der Waals surface area contributed by atoms with Gasteiger partial charge >= 0.3 is 0 Å². The van der Waals surface area contributed by atoms with Gasteiger partial charge < -0.3 is 11.1 Å². The van der Waals surface area contributed by atoms with E-state index in [1.807, 2.05) is 13.8 Å². The van der Waals surface area contributed by atoms with E-state index in [-0.39, 0.29) is 30.3 Å². The molecule has 128 valence electrons. The summed E-state index contributed by atoms with van der Waals surface area (Å²) in [5.41, 5.74) is 5.68. The van der Waals surface area contributed by atoms with Crippen LogP contribution in [0, 0.1) is 11.8 Å². The molecule has 0 spiro atoms. The number of ketones is 1. The van der Waals surface area contributed by atoms with Crippen molar-refractivity contribution in [1.29, 1.82) is 0 Å². The lowest BCUT2D eigenvalue weighted by Gasteiger charge is -2.23. The number of nitrogens with two attached hydrogens (primary N) is 1. The van der Waals surface area contributed by atoms with Crippen LogP contribution in [0.3, 0.4) is 0 Å². The first kappa shape index (κ1) is 19.5. The highest BCUT2D eigenvalue weighted by Crippen LogP contribution is 2.52. The third-order valence-corrected chi connectivity index (χ3v) is 6.15. The van der Waals surface area contributed by atoms with Gasteiger partial charge in [0.2, 0.25) is 5.91 Å². The van der Waals surface area contributed by atoms with Crippen LogP contribution < -0.4 is 11.1 Å². The molecule has 1 fully saturated rings.